The van der Waals surface area contributed by atoms with Crippen LogP contribution in [0.3, 0.4) is 0 Å². The predicted octanol–water partition coefficient (Wildman–Crippen LogP) is 3.79. The molecule has 1 aliphatic carbocycles. The van der Waals surface area contributed by atoms with Gasteiger partial charge in [0, 0.05) is 26.7 Å². The van der Waals surface area contributed by atoms with Crippen molar-refractivity contribution in [2.24, 2.45) is 0 Å². The van der Waals surface area contributed by atoms with Crippen LogP contribution in [0.5, 0.6) is 5.75 Å². The maximum atomic E-state index is 14.0. The van der Waals surface area contributed by atoms with Gasteiger partial charge in [-0.2, -0.15) is 12.7 Å². The average Bonchev–Trinajstić information content (AvgIpc) is 2.92. The minimum absolute atomic E-state index is 0.0900. The molecule has 3 rings (SSSR count). The Kier molecular flexibility index (Phi) is 10.4. The lowest BCUT2D eigenvalue weighted by molar-refractivity contribution is -0.139. The van der Waals surface area contributed by atoms with Crippen LogP contribution in [0, 0.1) is 13.8 Å². The molecule has 0 aliphatic heterocycles. The highest BCUT2D eigenvalue weighted by molar-refractivity contribution is 7.90. The Bertz CT molecular complexity index is 1240. The average molecular weight is 559 g/mol. The van der Waals surface area contributed by atoms with Gasteiger partial charge in [0.05, 0.1) is 12.8 Å². The van der Waals surface area contributed by atoms with Crippen molar-refractivity contribution in [2.75, 3.05) is 32.1 Å². The highest BCUT2D eigenvalue weighted by atomic mass is 32.2. The molecule has 1 saturated carbocycles. The van der Waals surface area contributed by atoms with Crippen molar-refractivity contribution in [2.45, 2.75) is 71.5 Å². The van der Waals surface area contributed by atoms with Gasteiger partial charge in [-0.25, -0.2) is 4.31 Å². The molecular formula is C29H42N4O5S. The van der Waals surface area contributed by atoms with Crippen molar-refractivity contribution in [3.8, 4) is 5.75 Å². The van der Waals surface area contributed by atoms with Gasteiger partial charge in [-0.3, -0.25) is 9.59 Å². The molecule has 9 nitrogen and oxygen atoms in total. The molecule has 0 saturated heterocycles. The minimum Gasteiger partial charge on any atom is -0.497 e. The third-order valence-electron chi connectivity index (χ3n) is 7.28. The van der Waals surface area contributed by atoms with Crippen LogP contribution >= 0.6 is 0 Å². The number of carbonyl (C=O) groups is 2. The number of aryl methyl sites for hydroxylation is 2. The first-order valence-corrected chi connectivity index (χ1v) is 14.8. The number of nitrogens with one attached hydrogen (secondary N) is 1. The molecule has 0 bridgehead atoms. The van der Waals surface area contributed by atoms with Gasteiger partial charge in [-0.05, 0) is 68.5 Å². The van der Waals surface area contributed by atoms with Crippen molar-refractivity contribution in [3.05, 3.63) is 59.2 Å². The first-order valence-electron chi connectivity index (χ1n) is 13.4. The van der Waals surface area contributed by atoms with E-state index in [1.165, 1.54) is 25.4 Å². The number of anilines is 1. The molecule has 0 unspecified atom stereocenters. The molecule has 10 heteroatoms. The number of rotatable bonds is 11. The van der Waals surface area contributed by atoms with Gasteiger partial charge in [0.25, 0.3) is 0 Å². The van der Waals surface area contributed by atoms with E-state index in [4.69, 9.17) is 4.74 Å². The van der Waals surface area contributed by atoms with E-state index in [9.17, 15) is 18.0 Å². The molecule has 39 heavy (non-hydrogen) atoms. The second-order valence-corrected chi connectivity index (χ2v) is 12.5. The van der Waals surface area contributed by atoms with Crippen LogP contribution in [0.2, 0.25) is 0 Å². The van der Waals surface area contributed by atoms with E-state index in [0.717, 1.165) is 51.0 Å². The Morgan fingerprint density at radius 2 is 1.67 bits per heavy atom. The van der Waals surface area contributed by atoms with Crippen molar-refractivity contribution in [1.29, 1.82) is 0 Å². The van der Waals surface area contributed by atoms with Crippen molar-refractivity contribution in [3.63, 3.8) is 0 Å². The van der Waals surface area contributed by atoms with Gasteiger partial charge in [-0.15, -0.1) is 0 Å². The Morgan fingerprint density at radius 1 is 1.03 bits per heavy atom. The monoisotopic (exact) mass is 558 g/mol. The van der Waals surface area contributed by atoms with Gasteiger partial charge >= 0.3 is 10.2 Å². The SMILES string of the molecule is COc1ccc(CN(C(=O)CN(c2cc(C)ccc2C)S(=O)(=O)N(C)C)[C@@H](C)C(=O)NC2CCCCC2)cc1. The highest BCUT2D eigenvalue weighted by Crippen LogP contribution is 2.26. The number of benzene rings is 2. The molecule has 1 atom stereocenters. The van der Waals surface area contributed by atoms with Gasteiger partial charge in [-0.1, -0.05) is 43.5 Å². The Labute approximate surface area is 233 Å². The molecule has 1 fully saturated rings. The Morgan fingerprint density at radius 3 is 2.26 bits per heavy atom. The zero-order valence-electron chi connectivity index (χ0n) is 23.9. The van der Waals surface area contributed by atoms with E-state index in [2.05, 4.69) is 5.32 Å². The number of carbonyl (C=O) groups excluding carboxylic acids is 2. The van der Waals surface area contributed by atoms with Crippen molar-refractivity contribution < 1.29 is 22.7 Å². The van der Waals surface area contributed by atoms with E-state index in [0.29, 0.717) is 11.4 Å². The topological polar surface area (TPSA) is 99.3 Å². The molecule has 0 aromatic heterocycles. The number of methoxy groups -OCH3 is 1. The number of nitrogens with zero attached hydrogens (tertiary/aromatic N) is 3. The summed E-state index contributed by atoms with van der Waals surface area (Å²) in [5.41, 5.74) is 2.83. The summed E-state index contributed by atoms with van der Waals surface area (Å²) in [5, 5.41) is 3.12. The summed E-state index contributed by atoms with van der Waals surface area (Å²) in [5.74, 6) is -0.0288. The van der Waals surface area contributed by atoms with Gasteiger partial charge in [0.2, 0.25) is 11.8 Å². The smallest absolute Gasteiger partial charge is 0.304 e. The van der Waals surface area contributed by atoms with E-state index < -0.39 is 28.7 Å². The molecule has 2 aromatic carbocycles. The minimum atomic E-state index is -4.01. The Balaban J connectivity index is 1.95. The lowest BCUT2D eigenvalue weighted by atomic mass is 9.95. The summed E-state index contributed by atoms with van der Waals surface area (Å²) >= 11 is 0. The van der Waals surface area contributed by atoms with Crippen LogP contribution < -0.4 is 14.4 Å². The summed E-state index contributed by atoms with van der Waals surface area (Å²) in [6, 6.07) is 12.0. The summed E-state index contributed by atoms with van der Waals surface area (Å²) < 4.78 is 34.3. The fraction of sp³-hybridized carbons (Fsp3) is 0.517. The molecule has 0 spiro atoms. The molecule has 1 aliphatic rings. The fourth-order valence-corrected chi connectivity index (χ4v) is 5.88. The molecule has 2 amide bonds. The van der Waals surface area contributed by atoms with Gasteiger partial charge in [0.1, 0.15) is 18.3 Å². The largest absolute Gasteiger partial charge is 0.497 e. The number of hydrogen-bond acceptors (Lipinski definition) is 5. The first-order chi connectivity index (χ1) is 18.4. The number of amides is 2. The van der Waals surface area contributed by atoms with Crippen LogP contribution in [0.4, 0.5) is 5.69 Å². The van der Waals surface area contributed by atoms with Gasteiger partial charge < -0.3 is 15.0 Å². The third kappa shape index (κ3) is 7.73. The molecular weight excluding hydrogens is 516 g/mol. The predicted molar refractivity (Wildman–Crippen MR) is 154 cm³/mol. The Hall–Kier alpha value is -3.11. The van der Waals surface area contributed by atoms with Crippen LogP contribution in [-0.2, 0) is 26.3 Å². The van der Waals surface area contributed by atoms with Crippen LogP contribution in [0.1, 0.15) is 55.7 Å². The van der Waals surface area contributed by atoms with E-state index in [-0.39, 0.29) is 18.5 Å². The standard InChI is InChI=1S/C29H42N4O5S/c1-21-12-13-22(2)27(18-21)33(39(36,37)31(4)5)20-28(34)32(19-24-14-16-26(38-6)17-15-24)23(3)29(35)30-25-10-8-7-9-11-25/h12-18,23,25H,7-11,19-20H2,1-6H3,(H,30,35)/t23-/m0/s1. The number of hydrogen-bond donors (Lipinski definition) is 1. The first kappa shape index (κ1) is 30.4. The van der Waals surface area contributed by atoms with Crippen LogP contribution in [-0.4, -0.2) is 69.3 Å². The molecule has 0 heterocycles. The molecule has 214 valence electrons. The summed E-state index contributed by atoms with van der Waals surface area (Å²) in [4.78, 5) is 28.8. The zero-order valence-corrected chi connectivity index (χ0v) is 24.8. The second-order valence-electron chi connectivity index (χ2n) is 10.5. The zero-order chi connectivity index (χ0) is 28.7. The van der Waals surface area contributed by atoms with Gasteiger partial charge in [0.15, 0.2) is 0 Å². The summed E-state index contributed by atoms with van der Waals surface area (Å²) in [6.45, 7) is 5.08. The lowest BCUT2D eigenvalue weighted by Gasteiger charge is -2.34. The molecule has 2 aromatic rings. The highest BCUT2D eigenvalue weighted by Gasteiger charge is 2.34. The van der Waals surface area contributed by atoms with Crippen molar-refractivity contribution >= 4 is 27.7 Å². The molecule has 1 N–H and O–H groups in total. The van der Waals surface area contributed by atoms with Crippen LogP contribution in [0.15, 0.2) is 42.5 Å². The van der Waals surface area contributed by atoms with E-state index in [1.807, 2.05) is 38.1 Å². The van der Waals surface area contributed by atoms with E-state index >= 15 is 0 Å². The summed E-state index contributed by atoms with van der Waals surface area (Å²) in [6.07, 6.45) is 5.15. The van der Waals surface area contributed by atoms with E-state index in [1.54, 1.807) is 32.2 Å². The van der Waals surface area contributed by atoms with Crippen molar-refractivity contribution in [1.82, 2.24) is 14.5 Å². The second kappa shape index (κ2) is 13.3. The fourth-order valence-electron chi connectivity index (χ4n) is 4.77. The third-order valence-corrected chi connectivity index (χ3v) is 9.09. The number of ether oxygens (including phenoxy) is 1. The lowest BCUT2D eigenvalue weighted by Crippen LogP contribution is -2.53. The normalized spacial score (nSPS) is 15.1. The maximum absolute atomic E-state index is 14.0. The maximum Gasteiger partial charge on any atom is 0.304 e. The summed E-state index contributed by atoms with van der Waals surface area (Å²) in [7, 11) is 0.446. The van der Waals surface area contributed by atoms with Crippen LogP contribution in [0.25, 0.3) is 0 Å². The quantitative estimate of drug-likeness (QED) is 0.453. The molecule has 0 radical (unpaired) electrons.